The van der Waals surface area contributed by atoms with Crippen molar-refractivity contribution in [1.82, 2.24) is 14.9 Å². The summed E-state index contributed by atoms with van der Waals surface area (Å²) >= 11 is 0. The van der Waals surface area contributed by atoms with Gasteiger partial charge in [0.2, 0.25) is 5.95 Å². The van der Waals surface area contributed by atoms with Crippen LogP contribution in [-0.2, 0) is 17.7 Å². The molecule has 1 N–H and O–H groups in total. The van der Waals surface area contributed by atoms with Gasteiger partial charge in [-0.25, -0.2) is 4.98 Å². The SMILES string of the molecule is COc1ccc(/C=C/CN2CCc3c(nc(N4C[C@H](C)O[C@@H](C)C4)[nH]c3=O)C2)cc1. The van der Waals surface area contributed by atoms with E-state index in [4.69, 9.17) is 14.5 Å². The summed E-state index contributed by atoms with van der Waals surface area (Å²) in [6.45, 7) is 7.94. The molecule has 2 atom stereocenters. The van der Waals surface area contributed by atoms with Crippen molar-refractivity contribution in [3.63, 3.8) is 0 Å². The van der Waals surface area contributed by atoms with Gasteiger partial charge in [0.15, 0.2) is 0 Å². The molecule has 7 nitrogen and oxygen atoms in total. The second kappa shape index (κ2) is 9.02. The van der Waals surface area contributed by atoms with Gasteiger partial charge < -0.3 is 14.4 Å². The zero-order chi connectivity index (χ0) is 21.1. The Balaban J connectivity index is 1.44. The van der Waals surface area contributed by atoms with Crippen LogP contribution in [0.4, 0.5) is 5.95 Å². The Kier molecular flexibility index (Phi) is 6.20. The molecule has 0 bridgehead atoms. The Labute approximate surface area is 177 Å². The molecule has 0 aliphatic carbocycles. The Bertz CT molecular complexity index is 944. The highest BCUT2D eigenvalue weighted by atomic mass is 16.5. The first-order chi connectivity index (χ1) is 14.5. The summed E-state index contributed by atoms with van der Waals surface area (Å²) < 4.78 is 11.0. The quantitative estimate of drug-likeness (QED) is 0.817. The van der Waals surface area contributed by atoms with Gasteiger partial charge in [0, 0.05) is 38.3 Å². The minimum Gasteiger partial charge on any atom is -0.497 e. The average molecular weight is 411 g/mol. The van der Waals surface area contributed by atoms with E-state index in [0.717, 1.165) is 55.2 Å². The number of benzene rings is 1. The summed E-state index contributed by atoms with van der Waals surface area (Å²) in [6.07, 6.45) is 5.24. The van der Waals surface area contributed by atoms with Crippen molar-refractivity contribution in [2.75, 3.05) is 38.2 Å². The topological polar surface area (TPSA) is 70.7 Å². The highest BCUT2D eigenvalue weighted by molar-refractivity contribution is 5.50. The van der Waals surface area contributed by atoms with Gasteiger partial charge >= 0.3 is 0 Å². The number of methoxy groups -OCH3 is 1. The van der Waals surface area contributed by atoms with Crippen molar-refractivity contribution in [3.05, 3.63) is 57.5 Å². The van der Waals surface area contributed by atoms with Gasteiger partial charge in [0.25, 0.3) is 5.56 Å². The number of aromatic amines is 1. The molecule has 0 saturated carbocycles. The van der Waals surface area contributed by atoms with Crippen LogP contribution < -0.4 is 15.2 Å². The number of fused-ring (bicyclic) bond motifs is 1. The maximum atomic E-state index is 12.7. The normalized spacial score (nSPS) is 22.3. The average Bonchev–Trinajstić information content (AvgIpc) is 2.73. The molecular formula is C23H30N4O3. The van der Waals surface area contributed by atoms with E-state index in [1.807, 2.05) is 24.3 Å². The maximum absolute atomic E-state index is 12.7. The number of H-pyrrole nitrogens is 1. The van der Waals surface area contributed by atoms with Gasteiger partial charge in [-0.05, 0) is 38.0 Å². The lowest BCUT2D eigenvalue weighted by molar-refractivity contribution is -0.00576. The predicted octanol–water partition coefficient (Wildman–Crippen LogP) is 2.46. The highest BCUT2D eigenvalue weighted by Crippen LogP contribution is 2.20. The van der Waals surface area contributed by atoms with Crippen LogP contribution in [0.25, 0.3) is 6.08 Å². The van der Waals surface area contributed by atoms with E-state index < -0.39 is 0 Å². The molecule has 0 radical (unpaired) electrons. The number of aromatic nitrogens is 2. The van der Waals surface area contributed by atoms with Gasteiger partial charge in [-0.15, -0.1) is 0 Å². The molecule has 0 spiro atoms. The van der Waals surface area contributed by atoms with Gasteiger partial charge in [0.1, 0.15) is 5.75 Å². The third-order valence-electron chi connectivity index (χ3n) is 5.65. The molecule has 7 heteroatoms. The summed E-state index contributed by atoms with van der Waals surface area (Å²) in [7, 11) is 1.67. The summed E-state index contributed by atoms with van der Waals surface area (Å²) in [5.41, 5.74) is 2.85. The number of morpholine rings is 1. The molecule has 1 saturated heterocycles. The van der Waals surface area contributed by atoms with E-state index in [-0.39, 0.29) is 17.8 Å². The van der Waals surface area contributed by atoms with Crippen LogP contribution in [0.1, 0.15) is 30.7 Å². The van der Waals surface area contributed by atoms with Gasteiger partial charge in [-0.3, -0.25) is 14.7 Å². The van der Waals surface area contributed by atoms with E-state index in [2.05, 4.69) is 40.8 Å². The number of hydrogen-bond donors (Lipinski definition) is 1. The number of nitrogens with zero attached hydrogens (tertiary/aromatic N) is 3. The van der Waals surface area contributed by atoms with Gasteiger partial charge in [-0.2, -0.15) is 0 Å². The summed E-state index contributed by atoms with van der Waals surface area (Å²) in [5.74, 6) is 1.52. The fourth-order valence-electron chi connectivity index (χ4n) is 4.19. The second-order valence-corrected chi connectivity index (χ2v) is 8.14. The lowest BCUT2D eigenvalue weighted by atomic mass is 10.1. The summed E-state index contributed by atoms with van der Waals surface area (Å²) in [4.78, 5) is 24.9. The van der Waals surface area contributed by atoms with E-state index in [0.29, 0.717) is 12.5 Å². The molecule has 4 rings (SSSR count). The molecule has 2 aliphatic rings. The fraction of sp³-hybridized carbons (Fsp3) is 0.478. The maximum Gasteiger partial charge on any atom is 0.255 e. The highest BCUT2D eigenvalue weighted by Gasteiger charge is 2.26. The lowest BCUT2D eigenvalue weighted by Gasteiger charge is -2.36. The molecule has 2 aromatic rings. The fourth-order valence-corrected chi connectivity index (χ4v) is 4.19. The predicted molar refractivity (Wildman–Crippen MR) is 118 cm³/mol. The molecule has 30 heavy (non-hydrogen) atoms. The van der Waals surface area contributed by atoms with Crippen molar-refractivity contribution < 1.29 is 9.47 Å². The van der Waals surface area contributed by atoms with E-state index >= 15 is 0 Å². The molecule has 2 aliphatic heterocycles. The molecule has 1 aromatic heterocycles. The molecule has 160 valence electrons. The van der Waals surface area contributed by atoms with Gasteiger partial charge in [-0.1, -0.05) is 24.3 Å². The van der Waals surface area contributed by atoms with Crippen molar-refractivity contribution in [2.45, 2.75) is 39.0 Å². The van der Waals surface area contributed by atoms with Crippen LogP contribution in [0.2, 0.25) is 0 Å². The van der Waals surface area contributed by atoms with E-state index in [1.54, 1.807) is 7.11 Å². The first kappa shape index (κ1) is 20.6. The summed E-state index contributed by atoms with van der Waals surface area (Å²) in [6, 6.07) is 8.00. The Morgan fingerprint density at radius 2 is 1.97 bits per heavy atom. The first-order valence-corrected chi connectivity index (χ1v) is 10.6. The van der Waals surface area contributed by atoms with Crippen molar-refractivity contribution in [3.8, 4) is 5.75 Å². The third-order valence-corrected chi connectivity index (χ3v) is 5.65. The smallest absolute Gasteiger partial charge is 0.255 e. The van der Waals surface area contributed by atoms with E-state index in [9.17, 15) is 4.79 Å². The lowest BCUT2D eigenvalue weighted by Crippen LogP contribution is -2.47. The van der Waals surface area contributed by atoms with Crippen molar-refractivity contribution in [1.29, 1.82) is 0 Å². The van der Waals surface area contributed by atoms with Crippen molar-refractivity contribution in [2.24, 2.45) is 0 Å². The Morgan fingerprint density at radius 3 is 2.67 bits per heavy atom. The molecule has 3 heterocycles. The molecular weight excluding hydrogens is 380 g/mol. The number of hydrogen-bond acceptors (Lipinski definition) is 6. The van der Waals surface area contributed by atoms with Crippen LogP contribution in [-0.4, -0.2) is 60.4 Å². The van der Waals surface area contributed by atoms with Crippen LogP contribution in [0.15, 0.2) is 35.1 Å². The molecule has 0 unspecified atom stereocenters. The number of rotatable bonds is 5. The minimum atomic E-state index is -0.00442. The molecule has 0 amide bonds. The van der Waals surface area contributed by atoms with Crippen LogP contribution >= 0.6 is 0 Å². The zero-order valence-corrected chi connectivity index (χ0v) is 17.9. The standard InChI is InChI=1S/C23H30N4O3/c1-16-13-27(14-17(2)30-16)23-24-21-15-26(12-10-20(21)22(28)25-23)11-4-5-18-6-8-19(29-3)9-7-18/h4-9,16-17H,10-15H2,1-3H3,(H,24,25,28)/b5-4+/t16-,17-/m0/s1. The second-order valence-electron chi connectivity index (χ2n) is 8.14. The summed E-state index contributed by atoms with van der Waals surface area (Å²) in [5, 5.41) is 0. The number of anilines is 1. The molecule has 1 fully saturated rings. The van der Waals surface area contributed by atoms with Crippen LogP contribution in [0.5, 0.6) is 5.75 Å². The Hall–Kier alpha value is -2.64. The third kappa shape index (κ3) is 4.74. The zero-order valence-electron chi connectivity index (χ0n) is 17.9. The van der Waals surface area contributed by atoms with Gasteiger partial charge in [0.05, 0.1) is 25.0 Å². The van der Waals surface area contributed by atoms with E-state index in [1.165, 1.54) is 0 Å². The number of ether oxygens (including phenoxy) is 2. The Morgan fingerprint density at radius 1 is 1.23 bits per heavy atom. The minimum absolute atomic E-state index is 0.00442. The largest absolute Gasteiger partial charge is 0.497 e. The van der Waals surface area contributed by atoms with Crippen LogP contribution in [0.3, 0.4) is 0 Å². The number of nitrogens with one attached hydrogen (secondary N) is 1. The van der Waals surface area contributed by atoms with Crippen molar-refractivity contribution >= 4 is 12.0 Å². The first-order valence-electron chi connectivity index (χ1n) is 10.6. The van der Waals surface area contributed by atoms with Crippen LogP contribution in [0, 0.1) is 0 Å². The molecule has 1 aromatic carbocycles. The monoisotopic (exact) mass is 410 g/mol.